The van der Waals surface area contributed by atoms with Crippen molar-refractivity contribution in [3.05, 3.63) is 64.6 Å². The van der Waals surface area contributed by atoms with Gasteiger partial charge in [-0.3, -0.25) is 9.52 Å². The van der Waals surface area contributed by atoms with Crippen molar-refractivity contribution in [1.29, 1.82) is 0 Å². The van der Waals surface area contributed by atoms with E-state index in [-0.39, 0.29) is 18.2 Å². The van der Waals surface area contributed by atoms with Gasteiger partial charge in [-0.15, -0.1) is 4.91 Å². The molecule has 1 amide bonds. The molecule has 3 rings (SSSR count). The first-order valence-corrected chi connectivity index (χ1v) is 10.6. The predicted molar refractivity (Wildman–Crippen MR) is 109 cm³/mol. The Bertz CT molecular complexity index is 1050. The molecule has 1 unspecified atom stereocenters. The molecule has 10 heteroatoms. The van der Waals surface area contributed by atoms with Gasteiger partial charge in [-0.2, -0.15) is 5.10 Å². The Balaban J connectivity index is 1.90. The highest BCUT2D eigenvalue weighted by molar-refractivity contribution is 7.92. The SMILES string of the molecule is COCC(=O)N1N=C(c2ccc(NS(C)(=O)=O)cc2)CC1c1cccc(N=O)c1. The average Bonchev–Trinajstić information content (AvgIpc) is 3.13. The molecule has 0 aromatic heterocycles. The van der Waals surface area contributed by atoms with Crippen molar-refractivity contribution in [2.75, 3.05) is 24.7 Å². The average molecular weight is 416 g/mol. The van der Waals surface area contributed by atoms with E-state index >= 15 is 0 Å². The zero-order valence-electron chi connectivity index (χ0n) is 15.9. The summed E-state index contributed by atoms with van der Waals surface area (Å²) in [7, 11) is -1.94. The third-order valence-corrected chi connectivity index (χ3v) is 4.92. The lowest BCUT2D eigenvalue weighted by atomic mass is 9.98. The Morgan fingerprint density at radius 2 is 2.00 bits per heavy atom. The van der Waals surface area contributed by atoms with Crippen LogP contribution in [-0.2, 0) is 19.6 Å². The number of methoxy groups -OCH3 is 1. The molecule has 0 saturated heterocycles. The number of anilines is 1. The van der Waals surface area contributed by atoms with Crippen LogP contribution in [-0.4, -0.2) is 45.0 Å². The van der Waals surface area contributed by atoms with Crippen LogP contribution in [0.25, 0.3) is 0 Å². The predicted octanol–water partition coefficient (Wildman–Crippen LogP) is 2.78. The van der Waals surface area contributed by atoms with Gasteiger partial charge in [0.15, 0.2) is 0 Å². The van der Waals surface area contributed by atoms with Crippen molar-refractivity contribution in [1.82, 2.24) is 5.01 Å². The number of nitrogens with zero attached hydrogens (tertiary/aromatic N) is 3. The fraction of sp³-hybridized carbons (Fsp3) is 0.263. The van der Waals surface area contributed by atoms with Crippen molar-refractivity contribution in [2.45, 2.75) is 12.5 Å². The highest BCUT2D eigenvalue weighted by atomic mass is 32.2. The van der Waals surface area contributed by atoms with E-state index in [1.54, 1.807) is 42.5 Å². The fourth-order valence-corrected chi connectivity index (χ4v) is 3.66. The number of hydrazone groups is 1. The molecule has 9 nitrogen and oxygen atoms in total. The number of carbonyl (C=O) groups excluding carboxylic acids is 1. The number of carbonyl (C=O) groups is 1. The van der Waals surface area contributed by atoms with E-state index in [2.05, 4.69) is 15.0 Å². The Morgan fingerprint density at radius 1 is 1.28 bits per heavy atom. The zero-order chi connectivity index (χ0) is 21.0. The van der Waals surface area contributed by atoms with Crippen LogP contribution in [0.15, 0.2) is 58.8 Å². The highest BCUT2D eigenvalue weighted by Gasteiger charge is 2.33. The van der Waals surface area contributed by atoms with Gasteiger partial charge >= 0.3 is 0 Å². The molecule has 2 aromatic rings. The van der Waals surface area contributed by atoms with Gasteiger partial charge in [0.1, 0.15) is 12.3 Å². The molecule has 2 aromatic carbocycles. The molecule has 0 aliphatic carbocycles. The fourth-order valence-electron chi connectivity index (χ4n) is 3.10. The lowest BCUT2D eigenvalue weighted by molar-refractivity contribution is -0.137. The first kappa shape index (κ1) is 20.6. The van der Waals surface area contributed by atoms with Gasteiger partial charge < -0.3 is 4.74 Å². The van der Waals surface area contributed by atoms with Gasteiger partial charge in [0.2, 0.25) is 10.0 Å². The Labute approximate surface area is 168 Å². The van der Waals surface area contributed by atoms with Crippen LogP contribution >= 0.6 is 0 Å². The molecule has 1 heterocycles. The third-order valence-electron chi connectivity index (χ3n) is 4.32. The number of nitroso groups, excluding NO2 is 1. The number of hydrogen-bond acceptors (Lipinski definition) is 7. The second-order valence-corrected chi connectivity index (χ2v) is 8.32. The summed E-state index contributed by atoms with van der Waals surface area (Å²) in [6, 6.07) is 13.1. The quantitative estimate of drug-likeness (QED) is 0.697. The van der Waals surface area contributed by atoms with Crippen molar-refractivity contribution >= 4 is 33.0 Å². The molecule has 0 fully saturated rings. The van der Waals surface area contributed by atoms with Gasteiger partial charge in [0, 0.05) is 19.2 Å². The number of nitrogens with one attached hydrogen (secondary N) is 1. The van der Waals surface area contributed by atoms with Crippen LogP contribution < -0.4 is 4.72 Å². The summed E-state index contributed by atoms with van der Waals surface area (Å²) in [4.78, 5) is 23.4. The molecule has 29 heavy (non-hydrogen) atoms. The molecule has 1 aliphatic rings. The summed E-state index contributed by atoms with van der Waals surface area (Å²) < 4.78 is 30.1. The number of hydrogen-bond donors (Lipinski definition) is 1. The van der Waals surface area contributed by atoms with E-state index in [0.29, 0.717) is 17.8 Å². The van der Waals surface area contributed by atoms with Gasteiger partial charge in [-0.1, -0.05) is 24.3 Å². The van der Waals surface area contributed by atoms with Crippen molar-refractivity contribution < 1.29 is 17.9 Å². The monoisotopic (exact) mass is 416 g/mol. The minimum atomic E-state index is -3.37. The summed E-state index contributed by atoms with van der Waals surface area (Å²) >= 11 is 0. The normalized spacial score (nSPS) is 16.4. The van der Waals surface area contributed by atoms with E-state index in [1.165, 1.54) is 12.1 Å². The minimum absolute atomic E-state index is 0.129. The molecule has 0 bridgehead atoms. The number of sulfonamides is 1. The van der Waals surface area contributed by atoms with E-state index in [1.807, 2.05) is 6.07 Å². The molecule has 0 spiro atoms. The second kappa shape index (κ2) is 8.50. The maximum atomic E-state index is 12.5. The summed E-state index contributed by atoms with van der Waals surface area (Å²) in [5.41, 5.74) is 2.86. The number of benzene rings is 2. The summed E-state index contributed by atoms with van der Waals surface area (Å²) in [6.07, 6.45) is 1.50. The standard InChI is InChI=1S/C19H20N4O5S/c1-28-12-19(24)23-18(14-4-3-5-16(10-14)21-25)11-17(20-23)13-6-8-15(9-7-13)22-29(2,26)27/h3-10,18,22H,11-12H2,1-2H3. The molecule has 1 N–H and O–H groups in total. The summed E-state index contributed by atoms with van der Waals surface area (Å²) in [6.45, 7) is -0.129. The smallest absolute Gasteiger partial charge is 0.269 e. The molecule has 1 atom stereocenters. The molecule has 0 radical (unpaired) electrons. The Morgan fingerprint density at radius 3 is 2.62 bits per heavy atom. The highest BCUT2D eigenvalue weighted by Crippen LogP contribution is 2.34. The largest absolute Gasteiger partial charge is 0.375 e. The summed E-state index contributed by atoms with van der Waals surface area (Å²) in [5, 5.41) is 8.77. The topological polar surface area (TPSA) is 118 Å². The van der Waals surface area contributed by atoms with Gasteiger partial charge in [-0.25, -0.2) is 13.4 Å². The molecule has 152 valence electrons. The number of ether oxygens (including phenoxy) is 1. The maximum Gasteiger partial charge on any atom is 0.269 e. The third kappa shape index (κ3) is 5.04. The lowest BCUT2D eigenvalue weighted by Gasteiger charge is -2.21. The second-order valence-electron chi connectivity index (χ2n) is 6.58. The first-order chi connectivity index (χ1) is 13.8. The van der Waals surface area contributed by atoms with E-state index in [0.717, 1.165) is 17.4 Å². The first-order valence-electron chi connectivity index (χ1n) is 8.71. The van der Waals surface area contributed by atoms with Crippen LogP contribution in [0.5, 0.6) is 0 Å². The number of rotatable bonds is 7. The molecular weight excluding hydrogens is 396 g/mol. The Hall–Kier alpha value is -3.11. The molecule has 1 aliphatic heterocycles. The molecule has 0 saturated carbocycles. The Kier molecular flexibility index (Phi) is 6.04. The van der Waals surface area contributed by atoms with Gasteiger partial charge in [-0.05, 0) is 40.6 Å². The van der Waals surface area contributed by atoms with Crippen LogP contribution in [0.3, 0.4) is 0 Å². The van der Waals surface area contributed by atoms with E-state index in [9.17, 15) is 18.1 Å². The van der Waals surface area contributed by atoms with Crippen molar-refractivity contribution in [3.8, 4) is 0 Å². The van der Waals surface area contributed by atoms with Gasteiger partial charge in [0.05, 0.1) is 18.0 Å². The van der Waals surface area contributed by atoms with Crippen LogP contribution in [0, 0.1) is 4.91 Å². The van der Waals surface area contributed by atoms with Gasteiger partial charge in [0.25, 0.3) is 5.91 Å². The minimum Gasteiger partial charge on any atom is -0.375 e. The van der Waals surface area contributed by atoms with E-state index in [4.69, 9.17) is 4.74 Å². The van der Waals surface area contributed by atoms with Crippen molar-refractivity contribution in [2.24, 2.45) is 10.3 Å². The van der Waals surface area contributed by atoms with Crippen LogP contribution in [0.1, 0.15) is 23.6 Å². The zero-order valence-corrected chi connectivity index (χ0v) is 16.7. The summed E-state index contributed by atoms with van der Waals surface area (Å²) in [5.74, 6) is -0.313. The van der Waals surface area contributed by atoms with Crippen LogP contribution in [0.4, 0.5) is 11.4 Å². The maximum absolute atomic E-state index is 12.5. The van der Waals surface area contributed by atoms with Crippen LogP contribution in [0.2, 0.25) is 0 Å². The molecular formula is C19H20N4O5S. The lowest BCUT2D eigenvalue weighted by Crippen LogP contribution is -2.30. The van der Waals surface area contributed by atoms with E-state index < -0.39 is 16.1 Å². The van der Waals surface area contributed by atoms with Crippen molar-refractivity contribution in [3.63, 3.8) is 0 Å². The number of amides is 1.